The highest BCUT2D eigenvalue weighted by molar-refractivity contribution is 5.74. The molecule has 0 atom stereocenters. The summed E-state index contributed by atoms with van der Waals surface area (Å²) in [4.78, 5) is 12.8. The molecule has 0 aliphatic heterocycles. The maximum absolute atomic E-state index is 10.9. The average molecular weight is 244 g/mol. The highest BCUT2D eigenvalue weighted by Crippen LogP contribution is 2.32. The molecule has 0 aromatic heterocycles. The maximum atomic E-state index is 10.9. The predicted molar refractivity (Wildman–Crippen MR) is 68.5 cm³/mol. The van der Waals surface area contributed by atoms with Crippen LogP contribution >= 0.6 is 0 Å². The van der Waals surface area contributed by atoms with Crippen molar-refractivity contribution in [2.75, 3.05) is 18.0 Å². The largest absolute Gasteiger partial charge is 0.480 e. The summed E-state index contributed by atoms with van der Waals surface area (Å²) in [5.41, 5.74) is 2.48. The van der Waals surface area contributed by atoms with Crippen molar-refractivity contribution >= 4 is 11.7 Å². The Morgan fingerprint density at radius 3 is 2.78 bits per heavy atom. The number of hydrogen-bond acceptors (Lipinski definition) is 3. The Kier molecular flexibility index (Phi) is 3.52. The molecule has 0 spiro atoms. The molecule has 0 heterocycles. The maximum Gasteiger partial charge on any atom is 0.323 e. The van der Waals surface area contributed by atoms with Gasteiger partial charge in [-0.1, -0.05) is 0 Å². The van der Waals surface area contributed by atoms with E-state index in [-0.39, 0.29) is 6.54 Å². The van der Waals surface area contributed by atoms with Gasteiger partial charge < -0.3 is 10.0 Å². The van der Waals surface area contributed by atoms with Gasteiger partial charge in [-0.3, -0.25) is 4.79 Å². The van der Waals surface area contributed by atoms with Crippen molar-refractivity contribution in [3.05, 3.63) is 29.3 Å². The van der Waals surface area contributed by atoms with Gasteiger partial charge in [0.15, 0.2) is 0 Å². The van der Waals surface area contributed by atoms with Crippen LogP contribution in [0.3, 0.4) is 0 Å². The van der Waals surface area contributed by atoms with Crippen LogP contribution < -0.4 is 4.90 Å². The number of rotatable bonds is 5. The minimum atomic E-state index is -0.820. The van der Waals surface area contributed by atoms with Gasteiger partial charge in [0.1, 0.15) is 6.54 Å². The fourth-order valence-corrected chi connectivity index (χ4v) is 2.10. The summed E-state index contributed by atoms with van der Waals surface area (Å²) in [6, 6.07) is 7.48. The number of anilines is 1. The lowest BCUT2D eigenvalue weighted by Crippen LogP contribution is -2.32. The van der Waals surface area contributed by atoms with Gasteiger partial charge in [-0.25, -0.2) is 0 Å². The molecule has 0 bridgehead atoms. The molecule has 18 heavy (non-hydrogen) atoms. The van der Waals surface area contributed by atoms with Gasteiger partial charge in [0.2, 0.25) is 0 Å². The number of aryl methyl sites for hydroxylation is 1. The van der Waals surface area contributed by atoms with Crippen LogP contribution in [0.25, 0.3) is 0 Å². The summed E-state index contributed by atoms with van der Waals surface area (Å²) >= 11 is 0. The zero-order valence-corrected chi connectivity index (χ0v) is 10.4. The van der Waals surface area contributed by atoms with E-state index >= 15 is 0 Å². The minimum Gasteiger partial charge on any atom is -0.480 e. The number of carboxylic acids is 1. The van der Waals surface area contributed by atoms with E-state index in [1.165, 1.54) is 12.8 Å². The van der Waals surface area contributed by atoms with Gasteiger partial charge in [-0.2, -0.15) is 5.26 Å². The summed E-state index contributed by atoms with van der Waals surface area (Å²) in [5, 5.41) is 17.8. The van der Waals surface area contributed by atoms with E-state index in [9.17, 15) is 4.79 Å². The van der Waals surface area contributed by atoms with E-state index in [0.29, 0.717) is 11.5 Å². The first-order valence-corrected chi connectivity index (χ1v) is 6.07. The average Bonchev–Trinajstić information content (AvgIpc) is 3.11. The number of carboxylic acid groups (broad SMARTS) is 1. The Morgan fingerprint density at radius 1 is 1.56 bits per heavy atom. The van der Waals surface area contributed by atoms with E-state index in [1.807, 2.05) is 17.9 Å². The summed E-state index contributed by atoms with van der Waals surface area (Å²) in [7, 11) is 0. The lowest BCUT2D eigenvalue weighted by Gasteiger charge is -2.24. The monoisotopic (exact) mass is 244 g/mol. The second-order valence-electron chi connectivity index (χ2n) is 4.83. The zero-order valence-electron chi connectivity index (χ0n) is 10.4. The van der Waals surface area contributed by atoms with Crippen molar-refractivity contribution in [2.24, 2.45) is 5.92 Å². The van der Waals surface area contributed by atoms with Crippen LogP contribution in [0.4, 0.5) is 5.69 Å². The molecular weight excluding hydrogens is 228 g/mol. The van der Waals surface area contributed by atoms with Crippen LogP contribution in [0.5, 0.6) is 0 Å². The number of nitriles is 1. The van der Waals surface area contributed by atoms with Crippen LogP contribution in [-0.2, 0) is 4.79 Å². The molecule has 1 aromatic carbocycles. The molecule has 1 saturated carbocycles. The number of hydrogen-bond donors (Lipinski definition) is 1. The van der Waals surface area contributed by atoms with Crippen molar-refractivity contribution in [2.45, 2.75) is 19.8 Å². The lowest BCUT2D eigenvalue weighted by molar-refractivity contribution is -0.135. The van der Waals surface area contributed by atoms with Gasteiger partial charge in [-0.15, -0.1) is 0 Å². The lowest BCUT2D eigenvalue weighted by atomic mass is 10.1. The quantitative estimate of drug-likeness (QED) is 0.862. The van der Waals surface area contributed by atoms with Crippen molar-refractivity contribution in [1.82, 2.24) is 0 Å². The van der Waals surface area contributed by atoms with Gasteiger partial charge in [0.25, 0.3) is 0 Å². The Morgan fingerprint density at radius 2 is 2.28 bits per heavy atom. The highest BCUT2D eigenvalue weighted by atomic mass is 16.4. The standard InChI is InChI=1S/C14H16N2O2/c1-10-6-12(7-15)4-5-13(10)16(9-14(17)18)8-11-2-3-11/h4-6,11H,2-3,8-9H2,1H3,(H,17,18). The molecule has 0 unspecified atom stereocenters. The van der Waals surface area contributed by atoms with Crippen LogP contribution in [0.2, 0.25) is 0 Å². The molecule has 0 radical (unpaired) electrons. The van der Waals surface area contributed by atoms with E-state index in [0.717, 1.165) is 17.8 Å². The second kappa shape index (κ2) is 5.09. The topological polar surface area (TPSA) is 64.3 Å². The number of benzene rings is 1. The highest BCUT2D eigenvalue weighted by Gasteiger charge is 2.26. The third kappa shape index (κ3) is 3.01. The van der Waals surface area contributed by atoms with Crippen molar-refractivity contribution in [3.8, 4) is 6.07 Å². The van der Waals surface area contributed by atoms with E-state index in [4.69, 9.17) is 10.4 Å². The van der Waals surface area contributed by atoms with Crippen molar-refractivity contribution in [3.63, 3.8) is 0 Å². The molecule has 1 aromatic rings. The summed E-state index contributed by atoms with van der Waals surface area (Å²) in [6.07, 6.45) is 2.37. The molecule has 1 aliphatic carbocycles. The Balaban J connectivity index is 2.23. The molecule has 4 nitrogen and oxygen atoms in total. The molecule has 94 valence electrons. The zero-order chi connectivity index (χ0) is 13.1. The van der Waals surface area contributed by atoms with Gasteiger partial charge in [-0.05, 0) is 49.4 Å². The number of nitrogens with zero attached hydrogens (tertiary/aromatic N) is 2. The first-order chi connectivity index (χ1) is 8.60. The predicted octanol–water partition coefficient (Wildman–Crippen LogP) is 2.17. The summed E-state index contributed by atoms with van der Waals surface area (Å²) in [6.45, 7) is 2.72. The third-order valence-corrected chi connectivity index (χ3v) is 3.17. The van der Waals surface area contributed by atoms with Crippen LogP contribution in [0, 0.1) is 24.2 Å². The Hall–Kier alpha value is -2.02. The summed E-state index contributed by atoms with van der Waals surface area (Å²) < 4.78 is 0. The molecule has 1 N–H and O–H groups in total. The molecule has 0 saturated heterocycles. The molecule has 0 amide bonds. The smallest absolute Gasteiger partial charge is 0.323 e. The third-order valence-electron chi connectivity index (χ3n) is 3.17. The van der Waals surface area contributed by atoms with Crippen LogP contribution in [-0.4, -0.2) is 24.2 Å². The number of aliphatic carboxylic acids is 1. The Labute approximate surface area is 106 Å². The first kappa shape index (κ1) is 12.4. The van der Waals surface area contributed by atoms with E-state index in [1.54, 1.807) is 12.1 Å². The number of carbonyl (C=O) groups is 1. The molecule has 1 aliphatic rings. The van der Waals surface area contributed by atoms with Crippen LogP contribution in [0.1, 0.15) is 24.0 Å². The molecular formula is C14H16N2O2. The Bertz CT molecular complexity index is 501. The van der Waals surface area contributed by atoms with E-state index in [2.05, 4.69) is 6.07 Å². The normalized spacial score (nSPS) is 14.0. The van der Waals surface area contributed by atoms with Crippen molar-refractivity contribution in [1.29, 1.82) is 5.26 Å². The summed E-state index contributed by atoms with van der Waals surface area (Å²) in [5.74, 6) is -0.196. The minimum absolute atomic E-state index is 0.0171. The van der Waals surface area contributed by atoms with Gasteiger partial charge in [0.05, 0.1) is 11.6 Å². The van der Waals surface area contributed by atoms with Gasteiger partial charge >= 0.3 is 5.97 Å². The SMILES string of the molecule is Cc1cc(C#N)ccc1N(CC(=O)O)CC1CC1. The van der Waals surface area contributed by atoms with E-state index < -0.39 is 5.97 Å². The first-order valence-electron chi connectivity index (χ1n) is 6.07. The van der Waals surface area contributed by atoms with Crippen molar-refractivity contribution < 1.29 is 9.90 Å². The molecule has 4 heteroatoms. The second-order valence-corrected chi connectivity index (χ2v) is 4.83. The fourth-order valence-electron chi connectivity index (χ4n) is 2.10. The molecule has 2 rings (SSSR count). The van der Waals surface area contributed by atoms with Crippen LogP contribution in [0.15, 0.2) is 18.2 Å². The molecule has 1 fully saturated rings. The fraction of sp³-hybridized carbons (Fsp3) is 0.429. The van der Waals surface area contributed by atoms with Gasteiger partial charge in [0, 0.05) is 12.2 Å².